The maximum Gasteiger partial charge on any atom is 0.261 e. The summed E-state index contributed by atoms with van der Waals surface area (Å²) in [6, 6.07) is 7.35. The molecule has 26 heavy (non-hydrogen) atoms. The summed E-state index contributed by atoms with van der Waals surface area (Å²) in [7, 11) is 0. The molecule has 1 aliphatic rings. The van der Waals surface area contributed by atoms with Crippen LogP contribution in [0.2, 0.25) is 0 Å². The van der Waals surface area contributed by atoms with E-state index in [0.717, 1.165) is 24.6 Å². The monoisotopic (exact) mass is 377 g/mol. The zero-order valence-corrected chi connectivity index (χ0v) is 15.5. The molecule has 2 amide bonds. The summed E-state index contributed by atoms with van der Waals surface area (Å²) in [5.74, 6) is 1.21. The van der Waals surface area contributed by atoms with Crippen LogP contribution < -0.4 is 10.6 Å². The molecule has 3 heterocycles. The Kier molecular flexibility index (Phi) is 6.43. The first kappa shape index (κ1) is 18.6. The molecule has 8 heteroatoms. The van der Waals surface area contributed by atoms with Gasteiger partial charge in [-0.05, 0) is 30.5 Å². The minimum absolute atomic E-state index is 0.0513. The first-order valence-electron chi connectivity index (χ1n) is 8.60. The highest BCUT2D eigenvalue weighted by molar-refractivity contribution is 7.12. The number of nitrogens with zero attached hydrogens (tertiary/aromatic N) is 1. The van der Waals surface area contributed by atoms with Gasteiger partial charge < -0.3 is 19.8 Å². The second-order valence-corrected chi connectivity index (χ2v) is 7.02. The van der Waals surface area contributed by atoms with Gasteiger partial charge in [-0.25, -0.2) is 0 Å². The van der Waals surface area contributed by atoms with Crippen LogP contribution in [0, 0.1) is 6.92 Å². The number of aryl methyl sites for hydroxylation is 1. The van der Waals surface area contributed by atoms with Crippen LogP contribution in [0.5, 0.6) is 0 Å². The quantitative estimate of drug-likeness (QED) is 0.765. The third-order valence-electron chi connectivity index (χ3n) is 4.22. The summed E-state index contributed by atoms with van der Waals surface area (Å²) in [4.78, 5) is 26.9. The Morgan fingerprint density at radius 1 is 1.23 bits per heavy atom. The van der Waals surface area contributed by atoms with E-state index < -0.39 is 0 Å². The first-order valence-corrected chi connectivity index (χ1v) is 9.48. The van der Waals surface area contributed by atoms with Crippen molar-refractivity contribution >= 4 is 23.2 Å². The minimum Gasteiger partial charge on any atom is -0.465 e. The Labute approximate surface area is 156 Å². The van der Waals surface area contributed by atoms with Crippen molar-refractivity contribution in [3.63, 3.8) is 0 Å². The molecular weight excluding hydrogens is 354 g/mol. The average Bonchev–Trinajstić information content (AvgIpc) is 3.33. The van der Waals surface area contributed by atoms with E-state index in [1.807, 2.05) is 24.4 Å². The number of carbonyl (C=O) groups is 2. The number of carbonyl (C=O) groups excluding carboxylic acids is 2. The fraction of sp³-hybridized carbons (Fsp3) is 0.444. The smallest absolute Gasteiger partial charge is 0.261 e. The Bertz CT molecular complexity index is 723. The van der Waals surface area contributed by atoms with E-state index in [0.29, 0.717) is 24.6 Å². The van der Waals surface area contributed by atoms with E-state index in [4.69, 9.17) is 9.15 Å². The molecule has 2 aromatic heterocycles. The summed E-state index contributed by atoms with van der Waals surface area (Å²) in [6.45, 7) is 5.18. The zero-order chi connectivity index (χ0) is 18.4. The second kappa shape index (κ2) is 8.98. The second-order valence-electron chi connectivity index (χ2n) is 6.08. The molecule has 7 nitrogen and oxygen atoms in total. The molecule has 1 unspecified atom stereocenters. The highest BCUT2D eigenvalue weighted by atomic mass is 32.1. The molecule has 0 saturated carbocycles. The molecule has 140 valence electrons. The van der Waals surface area contributed by atoms with E-state index in [2.05, 4.69) is 15.5 Å². The van der Waals surface area contributed by atoms with Crippen molar-refractivity contribution in [1.82, 2.24) is 15.5 Å². The summed E-state index contributed by atoms with van der Waals surface area (Å²) in [6.07, 6.45) is 0. The lowest BCUT2D eigenvalue weighted by Crippen LogP contribution is -2.45. The van der Waals surface area contributed by atoms with Crippen LogP contribution in [-0.4, -0.2) is 56.1 Å². The van der Waals surface area contributed by atoms with Crippen LogP contribution in [0.1, 0.15) is 27.2 Å². The Morgan fingerprint density at radius 2 is 2.04 bits per heavy atom. The number of rotatable bonds is 7. The largest absolute Gasteiger partial charge is 0.465 e. The van der Waals surface area contributed by atoms with Gasteiger partial charge in [0.25, 0.3) is 5.91 Å². The topological polar surface area (TPSA) is 83.8 Å². The minimum atomic E-state index is -0.235. The molecule has 1 aliphatic heterocycles. The van der Waals surface area contributed by atoms with E-state index in [1.165, 1.54) is 11.3 Å². The number of hydrogen-bond acceptors (Lipinski definition) is 6. The van der Waals surface area contributed by atoms with Gasteiger partial charge in [0.05, 0.1) is 30.7 Å². The Morgan fingerprint density at radius 3 is 2.69 bits per heavy atom. The van der Waals surface area contributed by atoms with Crippen LogP contribution in [-0.2, 0) is 9.53 Å². The third kappa shape index (κ3) is 4.94. The number of morpholine rings is 1. The highest BCUT2D eigenvalue weighted by Crippen LogP contribution is 2.23. The standard InChI is InChI=1S/C18H23N3O4S/c1-13-4-5-15(25-13)14(21-6-8-24-9-7-21)11-19-17(22)12-20-18(23)16-3-2-10-26-16/h2-5,10,14H,6-9,11-12H2,1H3,(H,19,22)(H,20,23). The maximum atomic E-state index is 12.1. The summed E-state index contributed by atoms with van der Waals surface area (Å²) < 4.78 is 11.2. The number of furan rings is 1. The van der Waals surface area contributed by atoms with Gasteiger partial charge in [-0.3, -0.25) is 14.5 Å². The number of nitrogens with one attached hydrogen (secondary N) is 2. The normalized spacial score (nSPS) is 16.2. The van der Waals surface area contributed by atoms with Gasteiger partial charge in [0, 0.05) is 19.6 Å². The summed E-state index contributed by atoms with van der Waals surface area (Å²) in [5.41, 5.74) is 0. The molecule has 0 spiro atoms. The van der Waals surface area contributed by atoms with Gasteiger partial charge in [-0.15, -0.1) is 11.3 Å². The van der Waals surface area contributed by atoms with Crippen molar-refractivity contribution in [2.75, 3.05) is 39.4 Å². The zero-order valence-electron chi connectivity index (χ0n) is 14.7. The van der Waals surface area contributed by atoms with Gasteiger partial charge >= 0.3 is 0 Å². The Balaban J connectivity index is 1.53. The van der Waals surface area contributed by atoms with Crippen molar-refractivity contribution in [2.45, 2.75) is 13.0 Å². The van der Waals surface area contributed by atoms with Crippen molar-refractivity contribution in [3.8, 4) is 0 Å². The molecule has 0 bridgehead atoms. The van der Waals surface area contributed by atoms with E-state index in [-0.39, 0.29) is 24.4 Å². The van der Waals surface area contributed by atoms with Crippen LogP contribution in [0.25, 0.3) is 0 Å². The fourth-order valence-electron chi connectivity index (χ4n) is 2.86. The predicted octanol–water partition coefficient (Wildman–Crippen LogP) is 1.57. The average molecular weight is 377 g/mol. The molecule has 1 fully saturated rings. The van der Waals surface area contributed by atoms with Crippen molar-refractivity contribution in [3.05, 3.63) is 46.0 Å². The van der Waals surface area contributed by atoms with Crippen molar-refractivity contribution in [1.29, 1.82) is 0 Å². The number of ether oxygens (including phenoxy) is 1. The van der Waals surface area contributed by atoms with Crippen LogP contribution in [0.4, 0.5) is 0 Å². The summed E-state index contributed by atoms with van der Waals surface area (Å²) in [5, 5.41) is 7.36. The van der Waals surface area contributed by atoms with Gasteiger partial charge in [0.2, 0.25) is 5.91 Å². The molecule has 2 aromatic rings. The molecule has 2 N–H and O–H groups in total. The third-order valence-corrected chi connectivity index (χ3v) is 5.09. The Hall–Kier alpha value is -2.16. The van der Waals surface area contributed by atoms with Gasteiger partial charge in [-0.2, -0.15) is 0 Å². The van der Waals surface area contributed by atoms with Gasteiger partial charge in [0.1, 0.15) is 11.5 Å². The van der Waals surface area contributed by atoms with Crippen molar-refractivity contribution in [2.24, 2.45) is 0 Å². The molecule has 1 atom stereocenters. The molecule has 1 saturated heterocycles. The molecule has 3 rings (SSSR count). The fourth-order valence-corrected chi connectivity index (χ4v) is 3.50. The van der Waals surface area contributed by atoms with Crippen LogP contribution >= 0.6 is 11.3 Å². The number of thiophene rings is 1. The van der Waals surface area contributed by atoms with Crippen LogP contribution in [0.15, 0.2) is 34.1 Å². The van der Waals surface area contributed by atoms with Gasteiger partial charge in [0.15, 0.2) is 0 Å². The molecular formula is C18H23N3O4S. The highest BCUT2D eigenvalue weighted by Gasteiger charge is 2.25. The first-order chi connectivity index (χ1) is 12.6. The predicted molar refractivity (Wildman–Crippen MR) is 98.2 cm³/mol. The summed E-state index contributed by atoms with van der Waals surface area (Å²) >= 11 is 1.34. The molecule has 0 aliphatic carbocycles. The lowest BCUT2D eigenvalue weighted by molar-refractivity contribution is -0.120. The van der Waals surface area contributed by atoms with Crippen LogP contribution in [0.3, 0.4) is 0 Å². The molecule has 0 radical (unpaired) electrons. The SMILES string of the molecule is Cc1ccc(C(CNC(=O)CNC(=O)c2cccs2)N2CCOCC2)o1. The number of hydrogen-bond donors (Lipinski definition) is 2. The van der Waals surface area contributed by atoms with E-state index >= 15 is 0 Å². The lowest BCUT2D eigenvalue weighted by atomic mass is 10.1. The van der Waals surface area contributed by atoms with E-state index in [9.17, 15) is 9.59 Å². The molecule has 0 aromatic carbocycles. The number of amides is 2. The maximum absolute atomic E-state index is 12.1. The van der Waals surface area contributed by atoms with E-state index in [1.54, 1.807) is 12.1 Å². The lowest BCUT2D eigenvalue weighted by Gasteiger charge is -2.33. The van der Waals surface area contributed by atoms with Gasteiger partial charge in [-0.1, -0.05) is 6.07 Å². The van der Waals surface area contributed by atoms with Crippen molar-refractivity contribution < 1.29 is 18.7 Å².